The van der Waals surface area contributed by atoms with Crippen molar-refractivity contribution in [3.05, 3.63) is 46.2 Å². The number of hydrogen-bond acceptors (Lipinski definition) is 1. The van der Waals surface area contributed by atoms with Crippen molar-refractivity contribution in [2.45, 2.75) is 19.7 Å². The standard InChI is InChI=1S/C12H12Cl2N2/c1-8-5-9(2)16(15-8)11-4-3-10(7-13)12(14)6-11/h3-6H,7H2,1-2H3. The van der Waals surface area contributed by atoms with E-state index in [1.165, 1.54) is 0 Å². The molecule has 0 atom stereocenters. The van der Waals surface area contributed by atoms with Gasteiger partial charge < -0.3 is 0 Å². The van der Waals surface area contributed by atoms with Crippen LogP contribution in [0, 0.1) is 13.8 Å². The predicted octanol–water partition coefficient (Wildman–Crippen LogP) is 3.88. The van der Waals surface area contributed by atoms with Gasteiger partial charge in [0.25, 0.3) is 0 Å². The second-order valence-corrected chi connectivity index (χ2v) is 4.42. The molecule has 2 nitrogen and oxygen atoms in total. The Balaban J connectivity index is 2.49. The van der Waals surface area contributed by atoms with Crippen molar-refractivity contribution in [1.29, 1.82) is 0 Å². The summed E-state index contributed by atoms with van der Waals surface area (Å²) in [5.41, 5.74) is 3.99. The summed E-state index contributed by atoms with van der Waals surface area (Å²) in [6.07, 6.45) is 0. The number of alkyl halides is 1. The van der Waals surface area contributed by atoms with E-state index in [4.69, 9.17) is 23.2 Å². The van der Waals surface area contributed by atoms with Crippen LogP contribution in [0.15, 0.2) is 24.3 Å². The first-order chi connectivity index (χ1) is 7.61. The summed E-state index contributed by atoms with van der Waals surface area (Å²) in [5, 5.41) is 5.08. The maximum atomic E-state index is 6.11. The molecule has 4 heteroatoms. The molecule has 1 aromatic heterocycles. The van der Waals surface area contributed by atoms with E-state index in [1.807, 2.05) is 42.8 Å². The van der Waals surface area contributed by atoms with Gasteiger partial charge in [0.05, 0.1) is 11.4 Å². The highest BCUT2D eigenvalue weighted by molar-refractivity contribution is 6.32. The van der Waals surface area contributed by atoms with Gasteiger partial charge in [-0.1, -0.05) is 17.7 Å². The Morgan fingerprint density at radius 2 is 2.00 bits per heavy atom. The number of benzene rings is 1. The zero-order chi connectivity index (χ0) is 11.7. The first-order valence-corrected chi connectivity index (χ1v) is 5.91. The van der Waals surface area contributed by atoms with Crippen LogP contribution >= 0.6 is 23.2 Å². The van der Waals surface area contributed by atoms with Crippen molar-refractivity contribution in [2.24, 2.45) is 0 Å². The maximum absolute atomic E-state index is 6.11. The molecule has 0 aliphatic carbocycles. The fourth-order valence-electron chi connectivity index (χ4n) is 1.67. The lowest BCUT2D eigenvalue weighted by atomic mass is 10.2. The van der Waals surface area contributed by atoms with Crippen LogP contribution in [0.2, 0.25) is 5.02 Å². The van der Waals surface area contributed by atoms with Crippen molar-refractivity contribution in [1.82, 2.24) is 9.78 Å². The summed E-state index contributed by atoms with van der Waals surface area (Å²) in [7, 11) is 0. The van der Waals surface area contributed by atoms with Crippen LogP contribution in [0.5, 0.6) is 0 Å². The average Bonchev–Trinajstić information content (AvgIpc) is 2.58. The second-order valence-electron chi connectivity index (χ2n) is 3.75. The molecule has 84 valence electrons. The van der Waals surface area contributed by atoms with E-state index in [-0.39, 0.29) is 0 Å². The Bertz CT molecular complexity index is 518. The van der Waals surface area contributed by atoms with Crippen LogP contribution in [-0.4, -0.2) is 9.78 Å². The number of nitrogens with zero attached hydrogens (tertiary/aromatic N) is 2. The van der Waals surface area contributed by atoms with Crippen LogP contribution in [0.1, 0.15) is 17.0 Å². The highest BCUT2D eigenvalue weighted by Gasteiger charge is 2.06. The monoisotopic (exact) mass is 254 g/mol. The van der Waals surface area contributed by atoms with Gasteiger partial charge in [-0.05, 0) is 37.6 Å². The molecule has 0 amide bonds. The molecule has 0 aliphatic rings. The van der Waals surface area contributed by atoms with Crippen molar-refractivity contribution < 1.29 is 0 Å². The number of aromatic nitrogens is 2. The molecule has 0 bridgehead atoms. The molecule has 0 aliphatic heterocycles. The van der Waals surface area contributed by atoms with E-state index in [0.29, 0.717) is 10.9 Å². The summed E-state index contributed by atoms with van der Waals surface area (Å²) >= 11 is 11.9. The Kier molecular flexibility index (Phi) is 3.22. The second kappa shape index (κ2) is 4.48. The normalized spacial score (nSPS) is 10.8. The van der Waals surface area contributed by atoms with Crippen LogP contribution in [-0.2, 0) is 5.88 Å². The molecule has 0 fully saturated rings. The van der Waals surface area contributed by atoms with Gasteiger partial charge in [0.2, 0.25) is 0 Å². The third-order valence-corrected chi connectivity index (χ3v) is 3.07. The Hall–Kier alpha value is -0.990. The average molecular weight is 255 g/mol. The van der Waals surface area contributed by atoms with E-state index >= 15 is 0 Å². The zero-order valence-corrected chi connectivity index (χ0v) is 10.7. The number of rotatable bonds is 2. The molecule has 0 N–H and O–H groups in total. The van der Waals surface area contributed by atoms with Crippen molar-refractivity contribution in [3.8, 4) is 5.69 Å². The molecule has 0 spiro atoms. The smallest absolute Gasteiger partial charge is 0.0663 e. The first-order valence-electron chi connectivity index (χ1n) is 5.00. The van der Waals surface area contributed by atoms with Gasteiger partial charge in [-0.2, -0.15) is 5.10 Å². The van der Waals surface area contributed by atoms with Gasteiger partial charge in [-0.15, -0.1) is 11.6 Å². The topological polar surface area (TPSA) is 17.8 Å². The largest absolute Gasteiger partial charge is 0.238 e. The van der Waals surface area contributed by atoms with E-state index in [0.717, 1.165) is 22.6 Å². The molecular formula is C12H12Cl2N2. The number of halogens is 2. The van der Waals surface area contributed by atoms with Crippen molar-refractivity contribution >= 4 is 23.2 Å². The third-order valence-electron chi connectivity index (χ3n) is 2.43. The van der Waals surface area contributed by atoms with Crippen molar-refractivity contribution in [3.63, 3.8) is 0 Å². The van der Waals surface area contributed by atoms with E-state index in [9.17, 15) is 0 Å². The van der Waals surface area contributed by atoms with Gasteiger partial charge in [0.15, 0.2) is 0 Å². The van der Waals surface area contributed by atoms with Crippen LogP contribution in [0.4, 0.5) is 0 Å². The molecule has 2 aromatic rings. The van der Waals surface area contributed by atoms with Gasteiger partial charge in [-0.25, -0.2) is 4.68 Å². The summed E-state index contributed by atoms with van der Waals surface area (Å²) in [4.78, 5) is 0. The molecule has 16 heavy (non-hydrogen) atoms. The SMILES string of the molecule is Cc1cc(C)n(-c2ccc(CCl)c(Cl)c2)n1. The fourth-order valence-corrected chi connectivity index (χ4v) is 2.21. The molecule has 1 aromatic carbocycles. The van der Waals surface area contributed by atoms with Crippen LogP contribution in [0.25, 0.3) is 5.69 Å². The molecule has 0 saturated carbocycles. The summed E-state index contributed by atoms with van der Waals surface area (Å²) in [5.74, 6) is 0.427. The first kappa shape index (κ1) is 11.5. The quantitative estimate of drug-likeness (QED) is 0.744. The highest BCUT2D eigenvalue weighted by atomic mass is 35.5. The summed E-state index contributed by atoms with van der Waals surface area (Å²) < 4.78 is 1.87. The van der Waals surface area contributed by atoms with Gasteiger partial charge >= 0.3 is 0 Å². The molecule has 1 heterocycles. The Morgan fingerprint density at radius 1 is 1.25 bits per heavy atom. The molecule has 0 saturated heterocycles. The number of hydrogen-bond donors (Lipinski definition) is 0. The lowest BCUT2D eigenvalue weighted by molar-refractivity contribution is 0.833. The summed E-state index contributed by atoms with van der Waals surface area (Å²) in [6.45, 7) is 3.99. The van der Waals surface area contributed by atoms with Crippen LogP contribution in [0.3, 0.4) is 0 Å². The number of aryl methyl sites for hydroxylation is 2. The van der Waals surface area contributed by atoms with Gasteiger partial charge in [0.1, 0.15) is 0 Å². The minimum Gasteiger partial charge on any atom is -0.238 e. The zero-order valence-electron chi connectivity index (χ0n) is 9.17. The third kappa shape index (κ3) is 2.08. The fraction of sp³-hybridized carbons (Fsp3) is 0.250. The molecule has 2 rings (SSSR count). The van der Waals surface area contributed by atoms with Crippen molar-refractivity contribution in [2.75, 3.05) is 0 Å². The van der Waals surface area contributed by atoms with E-state index in [1.54, 1.807) is 0 Å². The minimum atomic E-state index is 0.427. The Labute approximate surface area is 105 Å². The minimum absolute atomic E-state index is 0.427. The predicted molar refractivity (Wildman–Crippen MR) is 67.6 cm³/mol. The summed E-state index contributed by atoms with van der Waals surface area (Å²) in [6, 6.07) is 7.83. The highest BCUT2D eigenvalue weighted by Crippen LogP contribution is 2.22. The lowest BCUT2D eigenvalue weighted by Gasteiger charge is -2.06. The lowest BCUT2D eigenvalue weighted by Crippen LogP contribution is -1.99. The van der Waals surface area contributed by atoms with E-state index < -0.39 is 0 Å². The maximum Gasteiger partial charge on any atom is 0.0663 e. The van der Waals surface area contributed by atoms with Gasteiger partial charge in [-0.3, -0.25) is 0 Å². The van der Waals surface area contributed by atoms with Gasteiger partial charge in [0, 0.05) is 16.6 Å². The molecule has 0 unspecified atom stereocenters. The molecular weight excluding hydrogens is 243 g/mol. The Morgan fingerprint density at radius 3 is 2.50 bits per heavy atom. The van der Waals surface area contributed by atoms with E-state index in [2.05, 4.69) is 5.10 Å². The van der Waals surface area contributed by atoms with Crippen LogP contribution < -0.4 is 0 Å². The molecule has 0 radical (unpaired) electrons.